The van der Waals surface area contributed by atoms with Crippen molar-refractivity contribution in [1.29, 1.82) is 0 Å². The molecule has 0 nitrogen and oxygen atoms in total. The van der Waals surface area contributed by atoms with Crippen molar-refractivity contribution < 1.29 is 18.9 Å². The molecular formula is C9H11LiSi. The van der Waals surface area contributed by atoms with E-state index in [9.17, 15) is 0 Å². The van der Waals surface area contributed by atoms with Gasteiger partial charge in [0.2, 0.25) is 0 Å². The maximum atomic E-state index is 3.89. The van der Waals surface area contributed by atoms with Gasteiger partial charge in [-0.05, 0) is 19.4 Å². The van der Waals surface area contributed by atoms with Gasteiger partial charge in [0, 0.05) is 0 Å². The van der Waals surface area contributed by atoms with E-state index >= 15 is 0 Å². The van der Waals surface area contributed by atoms with Crippen molar-refractivity contribution in [2.75, 3.05) is 0 Å². The van der Waals surface area contributed by atoms with Crippen LogP contribution in [0.2, 0.25) is 0 Å². The summed E-state index contributed by atoms with van der Waals surface area (Å²) in [5.41, 5.74) is 2.77. The van der Waals surface area contributed by atoms with E-state index in [1.807, 2.05) is 0 Å². The van der Waals surface area contributed by atoms with Crippen molar-refractivity contribution in [3.63, 3.8) is 0 Å². The fourth-order valence-corrected chi connectivity index (χ4v) is 1.62. The van der Waals surface area contributed by atoms with Crippen LogP contribution in [0.5, 0.6) is 0 Å². The predicted molar refractivity (Wildman–Crippen MR) is 46.7 cm³/mol. The molecule has 0 amide bonds. The standard InChI is InChI=1S/C9H11Si.Li/c1-7-5-4-6-9(10-3)8(7)2;/h4-6H,3H2,1-2H3;/q-1;+1. The Kier molecular flexibility index (Phi) is 4.84. The van der Waals surface area contributed by atoms with E-state index in [0.717, 1.165) is 0 Å². The Morgan fingerprint density at radius 1 is 1.27 bits per heavy atom. The van der Waals surface area contributed by atoms with Crippen LogP contribution in [0.3, 0.4) is 0 Å². The molecule has 0 aliphatic carbocycles. The van der Waals surface area contributed by atoms with Gasteiger partial charge in [0.05, 0.1) is 0 Å². The zero-order valence-corrected chi connectivity index (χ0v) is 8.44. The Hall–Kier alpha value is 0.0343. The molecule has 0 saturated carbocycles. The van der Waals surface area contributed by atoms with Gasteiger partial charge in [0.15, 0.2) is 0 Å². The smallest absolute Gasteiger partial charge is 0.345 e. The Balaban J connectivity index is 0.000001000. The average molecular weight is 154 g/mol. The SMILES string of the molecule is [CH2-][Si]c1cccc(C)c1C.[Li+]. The molecule has 52 valence electrons. The molecule has 0 heterocycles. The van der Waals surface area contributed by atoms with Crippen molar-refractivity contribution in [1.82, 2.24) is 0 Å². The van der Waals surface area contributed by atoms with Gasteiger partial charge >= 0.3 is 18.9 Å². The maximum absolute atomic E-state index is 3.89. The van der Waals surface area contributed by atoms with Crippen LogP contribution >= 0.6 is 0 Å². The third-order valence-corrected chi connectivity index (χ3v) is 2.72. The molecule has 1 rings (SSSR count). The van der Waals surface area contributed by atoms with Crippen LogP contribution in [0.25, 0.3) is 0 Å². The summed E-state index contributed by atoms with van der Waals surface area (Å²) in [6.45, 7) is 8.18. The number of benzene rings is 1. The average Bonchev–Trinajstić information content (AvgIpc) is 1.95. The topological polar surface area (TPSA) is 0 Å². The number of rotatable bonds is 1. The molecule has 0 bridgehead atoms. The number of aryl methyl sites for hydroxylation is 1. The van der Waals surface area contributed by atoms with E-state index < -0.39 is 0 Å². The zero-order valence-electron chi connectivity index (χ0n) is 7.44. The molecule has 1 aromatic carbocycles. The van der Waals surface area contributed by atoms with E-state index in [-0.39, 0.29) is 18.9 Å². The molecule has 0 aliphatic heterocycles. The monoisotopic (exact) mass is 154 g/mol. The normalized spacial score (nSPS) is 9.00. The third-order valence-electron chi connectivity index (χ3n) is 1.80. The van der Waals surface area contributed by atoms with Crippen LogP contribution in [0.1, 0.15) is 11.1 Å². The summed E-state index contributed by atoms with van der Waals surface area (Å²) >= 11 is 0. The van der Waals surface area contributed by atoms with Gasteiger partial charge in [-0.2, -0.15) is 0 Å². The van der Waals surface area contributed by atoms with Crippen molar-refractivity contribution in [2.24, 2.45) is 0 Å². The first-order chi connectivity index (χ1) is 4.75. The van der Waals surface area contributed by atoms with Crippen molar-refractivity contribution in [3.05, 3.63) is 35.9 Å². The minimum Gasteiger partial charge on any atom is -0.345 e. The van der Waals surface area contributed by atoms with Crippen LogP contribution in [0, 0.1) is 20.4 Å². The Morgan fingerprint density at radius 2 is 1.91 bits per heavy atom. The quantitative estimate of drug-likeness (QED) is 0.338. The summed E-state index contributed by atoms with van der Waals surface area (Å²) in [6.07, 6.45) is 0. The Labute approximate surface area is 83.4 Å². The van der Waals surface area contributed by atoms with Gasteiger partial charge in [-0.3, -0.25) is 0 Å². The molecule has 0 aromatic heterocycles. The second-order valence-corrected chi connectivity index (χ2v) is 3.32. The molecule has 0 unspecified atom stereocenters. The Morgan fingerprint density at radius 3 is 2.36 bits per heavy atom. The molecule has 0 spiro atoms. The van der Waals surface area contributed by atoms with E-state index in [1.165, 1.54) is 16.3 Å². The van der Waals surface area contributed by atoms with Crippen LogP contribution in [-0.2, 0) is 0 Å². The van der Waals surface area contributed by atoms with Gasteiger partial charge in [-0.1, -0.05) is 28.9 Å². The van der Waals surface area contributed by atoms with E-state index in [4.69, 9.17) is 0 Å². The minimum atomic E-state index is 0. The summed E-state index contributed by atoms with van der Waals surface area (Å²) in [4.78, 5) is 0. The zero-order chi connectivity index (χ0) is 7.56. The minimum absolute atomic E-state index is 0. The van der Waals surface area contributed by atoms with Crippen LogP contribution < -0.4 is 24.0 Å². The van der Waals surface area contributed by atoms with Crippen LogP contribution in [0.15, 0.2) is 18.2 Å². The fraction of sp³-hybridized carbons (Fsp3) is 0.222. The fourth-order valence-electron chi connectivity index (χ4n) is 0.943. The predicted octanol–water partition coefficient (Wildman–Crippen LogP) is -1.57. The summed E-state index contributed by atoms with van der Waals surface area (Å²) in [5.74, 6) is 0. The van der Waals surface area contributed by atoms with Crippen molar-refractivity contribution in [2.45, 2.75) is 13.8 Å². The second-order valence-electron chi connectivity index (χ2n) is 2.42. The second kappa shape index (κ2) is 4.82. The molecule has 0 fully saturated rings. The summed E-state index contributed by atoms with van der Waals surface area (Å²) in [7, 11) is 0.675. The van der Waals surface area contributed by atoms with Gasteiger partial charge in [0.25, 0.3) is 0 Å². The van der Waals surface area contributed by atoms with E-state index in [1.54, 1.807) is 0 Å². The molecule has 1 aromatic rings. The first-order valence-electron chi connectivity index (χ1n) is 3.35. The van der Waals surface area contributed by atoms with Crippen LogP contribution in [0.4, 0.5) is 0 Å². The van der Waals surface area contributed by atoms with Gasteiger partial charge in [-0.15, -0.1) is 9.52 Å². The van der Waals surface area contributed by atoms with E-state index in [2.05, 4.69) is 38.6 Å². The number of hydrogen-bond acceptors (Lipinski definition) is 0. The maximum Gasteiger partial charge on any atom is 1.00 e. The largest absolute Gasteiger partial charge is 1.00 e. The molecule has 0 atom stereocenters. The third kappa shape index (κ3) is 2.52. The molecule has 2 heteroatoms. The molecular weight excluding hydrogens is 143 g/mol. The molecule has 0 aliphatic rings. The van der Waals surface area contributed by atoms with Crippen LogP contribution in [-0.4, -0.2) is 9.52 Å². The van der Waals surface area contributed by atoms with Gasteiger partial charge < -0.3 is 6.55 Å². The summed E-state index contributed by atoms with van der Waals surface area (Å²) in [6, 6.07) is 6.38. The summed E-state index contributed by atoms with van der Waals surface area (Å²) < 4.78 is 0. The summed E-state index contributed by atoms with van der Waals surface area (Å²) in [5, 5.41) is 1.39. The Bertz CT molecular complexity index is 233. The first kappa shape index (κ1) is 11.0. The molecule has 0 saturated heterocycles. The van der Waals surface area contributed by atoms with Gasteiger partial charge in [-0.25, -0.2) is 0 Å². The molecule has 2 radical (unpaired) electrons. The number of hydrogen-bond donors (Lipinski definition) is 0. The molecule has 11 heavy (non-hydrogen) atoms. The molecule has 0 N–H and O–H groups in total. The van der Waals surface area contributed by atoms with Crippen molar-refractivity contribution >= 4 is 14.7 Å². The van der Waals surface area contributed by atoms with Crippen molar-refractivity contribution in [3.8, 4) is 0 Å². The first-order valence-corrected chi connectivity index (χ1v) is 4.55. The van der Waals surface area contributed by atoms with E-state index in [0.29, 0.717) is 9.52 Å². The van der Waals surface area contributed by atoms with Gasteiger partial charge in [0.1, 0.15) is 0 Å².